The van der Waals surface area contributed by atoms with Crippen molar-refractivity contribution < 1.29 is 0 Å². The first kappa shape index (κ1) is 13.7. The van der Waals surface area contributed by atoms with Gasteiger partial charge >= 0.3 is 0 Å². The van der Waals surface area contributed by atoms with Crippen LogP contribution in [0.5, 0.6) is 0 Å². The van der Waals surface area contributed by atoms with E-state index in [0.717, 1.165) is 16.7 Å². The molecule has 3 aromatic heterocycles. The Morgan fingerprint density at radius 1 is 0.615 bits per heavy atom. The molecule has 0 atom stereocenters. The number of aromatic nitrogens is 3. The van der Waals surface area contributed by atoms with E-state index >= 15 is 0 Å². The third-order valence-corrected chi connectivity index (χ3v) is 5.13. The first-order valence-corrected chi connectivity index (χ1v) is 8.76. The number of pyridine rings is 1. The van der Waals surface area contributed by atoms with Crippen LogP contribution in [0.15, 0.2) is 91.1 Å². The van der Waals surface area contributed by atoms with Crippen molar-refractivity contribution in [1.82, 2.24) is 14.0 Å². The standard InChI is InChI=1S/C23H15N3/c1-2-8-16(9-3-1)26-18-11-5-4-10-17(18)22-19(26)13-14-20-23(22)24-21-12-6-7-15-25(20)21/h1-15H. The fraction of sp³-hybridized carbons (Fsp3) is 0. The summed E-state index contributed by atoms with van der Waals surface area (Å²) in [5, 5.41) is 2.45. The first-order chi connectivity index (χ1) is 12.9. The van der Waals surface area contributed by atoms with Crippen molar-refractivity contribution in [3.8, 4) is 5.69 Å². The van der Waals surface area contributed by atoms with Crippen LogP contribution in [0.3, 0.4) is 0 Å². The highest BCUT2D eigenvalue weighted by molar-refractivity contribution is 6.20. The second kappa shape index (κ2) is 4.96. The van der Waals surface area contributed by atoms with Gasteiger partial charge < -0.3 is 4.57 Å². The van der Waals surface area contributed by atoms with Crippen LogP contribution in [-0.2, 0) is 0 Å². The number of fused-ring (bicyclic) bond motifs is 7. The normalized spacial score (nSPS) is 11.8. The average Bonchev–Trinajstić information content (AvgIpc) is 3.24. The molecule has 122 valence electrons. The molecule has 3 nitrogen and oxygen atoms in total. The molecule has 0 aliphatic rings. The van der Waals surface area contributed by atoms with E-state index in [4.69, 9.17) is 4.98 Å². The van der Waals surface area contributed by atoms with Crippen LogP contribution in [0, 0.1) is 0 Å². The highest BCUT2D eigenvalue weighted by Gasteiger charge is 2.16. The summed E-state index contributed by atoms with van der Waals surface area (Å²) >= 11 is 0. The lowest BCUT2D eigenvalue weighted by Gasteiger charge is -2.07. The van der Waals surface area contributed by atoms with E-state index < -0.39 is 0 Å². The van der Waals surface area contributed by atoms with E-state index in [1.54, 1.807) is 0 Å². The molecular weight excluding hydrogens is 318 g/mol. The van der Waals surface area contributed by atoms with Crippen molar-refractivity contribution in [2.75, 3.05) is 0 Å². The maximum atomic E-state index is 4.95. The van der Waals surface area contributed by atoms with Crippen LogP contribution < -0.4 is 0 Å². The van der Waals surface area contributed by atoms with Gasteiger partial charge in [-0.1, -0.05) is 42.5 Å². The number of nitrogens with zero attached hydrogens (tertiary/aromatic N) is 3. The lowest BCUT2D eigenvalue weighted by molar-refractivity contribution is 1.18. The second-order valence-corrected chi connectivity index (χ2v) is 6.56. The molecule has 0 saturated heterocycles. The molecule has 3 aromatic carbocycles. The number of para-hydroxylation sites is 2. The molecule has 0 aliphatic carbocycles. The first-order valence-electron chi connectivity index (χ1n) is 8.76. The molecule has 3 heteroatoms. The van der Waals surface area contributed by atoms with E-state index in [1.807, 2.05) is 12.1 Å². The molecule has 6 aromatic rings. The van der Waals surface area contributed by atoms with Gasteiger partial charge in [0, 0.05) is 22.7 Å². The maximum absolute atomic E-state index is 4.95. The molecule has 0 amide bonds. The molecular formula is C23H15N3. The Kier molecular flexibility index (Phi) is 2.61. The van der Waals surface area contributed by atoms with E-state index in [2.05, 4.69) is 88.0 Å². The summed E-state index contributed by atoms with van der Waals surface area (Å²) in [6.45, 7) is 0. The predicted molar refractivity (Wildman–Crippen MR) is 107 cm³/mol. The zero-order valence-electron chi connectivity index (χ0n) is 14.0. The van der Waals surface area contributed by atoms with Gasteiger partial charge in [-0.25, -0.2) is 4.98 Å². The zero-order chi connectivity index (χ0) is 17.1. The third-order valence-electron chi connectivity index (χ3n) is 5.13. The van der Waals surface area contributed by atoms with Gasteiger partial charge in [0.05, 0.1) is 22.1 Å². The Morgan fingerprint density at radius 2 is 1.38 bits per heavy atom. The number of hydrogen-bond acceptors (Lipinski definition) is 1. The average molecular weight is 333 g/mol. The van der Waals surface area contributed by atoms with Crippen LogP contribution in [0.1, 0.15) is 0 Å². The predicted octanol–water partition coefficient (Wildman–Crippen LogP) is 5.58. The van der Waals surface area contributed by atoms with Crippen LogP contribution in [0.4, 0.5) is 0 Å². The fourth-order valence-electron chi connectivity index (χ4n) is 4.04. The zero-order valence-corrected chi connectivity index (χ0v) is 14.0. The third kappa shape index (κ3) is 1.69. The van der Waals surface area contributed by atoms with E-state index in [-0.39, 0.29) is 0 Å². The Balaban J connectivity index is 1.89. The largest absolute Gasteiger partial charge is 0.309 e. The molecule has 0 radical (unpaired) electrons. The quantitative estimate of drug-likeness (QED) is 0.385. The van der Waals surface area contributed by atoms with Crippen molar-refractivity contribution in [1.29, 1.82) is 0 Å². The Hall–Kier alpha value is -3.59. The van der Waals surface area contributed by atoms with E-state index in [9.17, 15) is 0 Å². The highest BCUT2D eigenvalue weighted by atomic mass is 15.0. The molecule has 3 heterocycles. The monoisotopic (exact) mass is 333 g/mol. The van der Waals surface area contributed by atoms with Crippen molar-refractivity contribution in [3.05, 3.63) is 91.1 Å². The van der Waals surface area contributed by atoms with Gasteiger partial charge in [-0.15, -0.1) is 0 Å². The molecule has 6 rings (SSSR count). The van der Waals surface area contributed by atoms with Crippen molar-refractivity contribution in [2.24, 2.45) is 0 Å². The lowest BCUT2D eigenvalue weighted by atomic mass is 10.1. The Bertz CT molecular complexity index is 1420. The van der Waals surface area contributed by atoms with E-state index in [0.29, 0.717) is 0 Å². The van der Waals surface area contributed by atoms with Gasteiger partial charge in [-0.2, -0.15) is 0 Å². The van der Waals surface area contributed by atoms with Gasteiger partial charge in [-0.05, 0) is 42.5 Å². The lowest BCUT2D eigenvalue weighted by Crippen LogP contribution is -1.92. The molecule has 26 heavy (non-hydrogen) atoms. The molecule has 0 spiro atoms. The molecule has 0 unspecified atom stereocenters. The van der Waals surface area contributed by atoms with Gasteiger partial charge in [0.1, 0.15) is 5.65 Å². The van der Waals surface area contributed by atoms with Crippen LogP contribution in [0.25, 0.3) is 44.2 Å². The van der Waals surface area contributed by atoms with E-state index in [1.165, 1.54) is 27.5 Å². The summed E-state index contributed by atoms with van der Waals surface area (Å²) in [6, 6.07) is 29.6. The molecule has 0 aliphatic heterocycles. The van der Waals surface area contributed by atoms with Gasteiger partial charge in [0.2, 0.25) is 0 Å². The minimum absolute atomic E-state index is 0.978. The molecule has 0 N–H and O–H groups in total. The number of imidazole rings is 1. The number of rotatable bonds is 1. The van der Waals surface area contributed by atoms with Gasteiger partial charge in [0.15, 0.2) is 0 Å². The summed E-state index contributed by atoms with van der Waals surface area (Å²) in [5.74, 6) is 0. The fourth-order valence-corrected chi connectivity index (χ4v) is 4.04. The van der Waals surface area contributed by atoms with Gasteiger partial charge in [0.25, 0.3) is 0 Å². The van der Waals surface area contributed by atoms with Crippen LogP contribution in [0.2, 0.25) is 0 Å². The SMILES string of the molecule is c1ccc(-n2c3ccccc3c3c4nc5ccccn5c4ccc32)cc1. The smallest absolute Gasteiger partial charge is 0.137 e. The number of hydrogen-bond donors (Lipinski definition) is 0. The summed E-state index contributed by atoms with van der Waals surface area (Å²) in [4.78, 5) is 4.95. The van der Waals surface area contributed by atoms with Gasteiger partial charge in [-0.3, -0.25) is 4.40 Å². The minimum Gasteiger partial charge on any atom is -0.309 e. The molecule has 0 saturated carbocycles. The van der Waals surface area contributed by atoms with Crippen molar-refractivity contribution in [2.45, 2.75) is 0 Å². The van der Waals surface area contributed by atoms with Crippen molar-refractivity contribution >= 4 is 38.5 Å². The summed E-state index contributed by atoms with van der Waals surface area (Å²) in [5.41, 5.74) is 6.74. The Labute approximate surface area is 149 Å². The van der Waals surface area contributed by atoms with Crippen LogP contribution in [-0.4, -0.2) is 14.0 Å². The highest BCUT2D eigenvalue weighted by Crippen LogP contribution is 2.36. The topological polar surface area (TPSA) is 22.2 Å². The number of benzene rings is 3. The molecule has 0 bridgehead atoms. The summed E-state index contributed by atoms with van der Waals surface area (Å²) < 4.78 is 4.48. The van der Waals surface area contributed by atoms with Crippen molar-refractivity contribution in [3.63, 3.8) is 0 Å². The van der Waals surface area contributed by atoms with Crippen LogP contribution >= 0.6 is 0 Å². The summed E-state index contributed by atoms with van der Waals surface area (Å²) in [6.07, 6.45) is 2.08. The maximum Gasteiger partial charge on any atom is 0.137 e. The molecule has 0 fully saturated rings. The summed E-state index contributed by atoms with van der Waals surface area (Å²) in [7, 11) is 0. The second-order valence-electron chi connectivity index (χ2n) is 6.56. The Morgan fingerprint density at radius 3 is 2.31 bits per heavy atom. The minimum atomic E-state index is 0.978.